The van der Waals surface area contributed by atoms with Gasteiger partial charge in [-0.2, -0.15) is 0 Å². The van der Waals surface area contributed by atoms with Gasteiger partial charge in [-0.1, -0.05) is 24.3 Å². The first kappa shape index (κ1) is 13.1. The third-order valence-electron chi connectivity index (χ3n) is 3.74. The molecule has 1 aliphatic rings. The topological polar surface area (TPSA) is 49.3 Å². The highest BCUT2D eigenvalue weighted by Gasteiger charge is 2.29. The van der Waals surface area contributed by atoms with Gasteiger partial charge in [0.25, 0.3) is 0 Å². The third kappa shape index (κ3) is 2.72. The van der Waals surface area contributed by atoms with E-state index >= 15 is 0 Å². The van der Waals surface area contributed by atoms with Crippen LogP contribution in [0.2, 0.25) is 0 Å². The Morgan fingerprint density at radius 2 is 2.17 bits per heavy atom. The molecule has 0 heterocycles. The minimum Gasteiger partial charge on any atom is -0.481 e. The van der Waals surface area contributed by atoms with Gasteiger partial charge in [-0.05, 0) is 44.2 Å². The first-order valence-corrected chi connectivity index (χ1v) is 6.55. The largest absolute Gasteiger partial charge is 0.481 e. The van der Waals surface area contributed by atoms with Gasteiger partial charge in [0.15, 0.2) is 0 Å². The number of hydrogen-bond acceptors (Lipinski definition) is 2. The van der Waals surface area contributed by atoms with Gasteiger partial charge in [-0.25, -0.2) is 0 Å². The quantitative estimate of drug-likeness (QED) is 0.860. The predicted octanol–water partition coefficient (Wildman–Crippen LogP) is 2.76. The lowest BCUT2D eigenvalue weighted by atomic mass is 9.86. The first-order valence-electron chi connectivity index (χ1n) is 6.55. The van der Waals surface area contributed by atoms with E-state index in [1.165, 1.54) is 17.5 Å². The fourth-order valence-electron chi connectivity index (χ4n) is 2.42. The number of hydrogen-bond donors (Lipinski definition) is 2. The van der Waals surface area contributed by atoms with Crippen molar-refractivity contribution in [1.82, 2.24) is 5.32 Å². The van der Waals surface area contributed by atoms with Crippen molar-refractivity contribution in [2.75, 3.05) is 6.54 Å². The summed E-state index contributed by atoms with van der Waals surface area (Å²) in [6.45, 7) is 4.02. The van der Waals surface area contributed by atoms with Crippen molar-refractivity contribution in [2.24, 2.45) is 5.41 Å². The van der Waals surface area contributed by atoms with Gasteiger partial charge < -0.3 is 10.4 Å². The minimum atomic E-state index is -0.751. The molecule has 1 aromatic rings. The molecular formula is C15H21NO2. The first-order chi connectivity index (χ1) is 8.50. The molecule has 0 fully saturated rings. The van der Waals surface area contributed by atoms with Crippen LogP contribution in [0.25, 0.3) is 0 Å². The van der Waals surface area contributed by atoms with Gasteiger partial charge in [0.2, 0.25) is 0 Å². The van der Waals surface area contributed by atoms with E-state index in [1.54, 1.807) is 13.8 Å². The molecule has 18 heavy (non-hydrogen) atoms. The lowest BCUT2D eigenvalue weighted by Gasteiger charge is -2.29. The maximum Gasteiger partial charge on any atom is 0.310 e. The summed E-state index contributed by atoms with van der Waals surface area (Å²) in [7, 11) is 0. The number of aliphatic carboxylic acids is 1. The summed E-state index contributed by atoms with van der Waals surface area (Å²) in [4.78, 5) is 11.1. The number of carboxylic acid groups (broad SMARTS) is 1. The molecule has 1 aliphatic carbocycles. The maximum atomic E-state index is 11.1. The second-order valence-corrected chi connectivity index (χ2v) is 5.71. The van der Waals surface area contributed by atoms with Crippen molar-refractivity contribution < 1.29 is 9.90 Å². The SMILES string of the molecule is CC(C)(CNC1CCCc2ccccc21)C(=O)O. The Hall–Kier alpha value is -1.35. The summed E-state index contributed by atoms with van der Waals surface area (Å²) >= 11 is 0. The third-order valence-corrected chi connectivity index (χ3v) is 3.74. The molecule has 0 bridgehead atoms. The van der Waals surface area contributed by atoms with E-state index in [4.69, 9.17) is 5.11 Å². The Balaban J connectivity index is 2.06. The van der Waals surface area contributed by atoms with E-state index in [1.807, 2.05) is 0 Å². The molecule has 2 rings (SSSR count). The zero-order chi connectivity index (χ0) is 13.2. The molecule has 0 amide bonds. The van der Waals surface area contributed by atoms with Crippen LogP contribution >= 0.6 is 0 Å². The van der Waals surface area contributed by atoms with Crippen molar-refractivity contribution in [3.63, 3.8) is 0 Å². The Morgan fingerprint density at radius 1 is 1.44 bits per heavy atom. The van der Waals surface area contributed by atoms with Gasteiger partial charge in [0.1, 0.15) is 0 Å². The standard InChI is InChI=1S/C15H21NO2/c1-15(2,14(17)18)10-16-13-9-5-7-11-6-3-4-8-12(11)13/h3-4,6,8,13,16H,5,7,9-10H2,1-2H3,(H,17,18). The second-order valence-electron chi connectivity index (χ2n) is 5.71. The van der Waals surface area contributed by atoms with Gasteiger partial charge in [-0.3, -0.25) is 4.79 Å². The van der Waals surface area contributed by atoms with Crippen LogP contribution in [0.3, 0.4) is 0 Å². The summed E-state index contributed by atoms with van der Waals surface area (Å²) in [6.07, 6.45) is 3.39. The Kier molecular flexibility index (Phi) is 3.71. The monoisotopic (exact) mass is 247 g/mol. The number of carbonyl (C=O) groups is 1. The smallest absolute Gasteiger partial charge is 0.310 e. The number of rotatable bonds is 4. The molecule has 2 N–H and O–H groups in total. The molecule has 1 aromatic carbocycles. The van der Waals surface area contributed by atoms with E-state index in [9.17, 15) is 4.79 Å². The zero-order valence-corrected chi connectivity index (χ0v) is 11.1. The number of nitrogens with one attached hydrogen (secondary N) is 1. The van der Waals surface area contributed by atoms with Crippen molar-refractivity contribution in [3.8, 4) is 0 Å². The fourth-order valence-corrected chi connectivity index (χ4v) is 2.42. The van der Waals surface area contributed by atoms with E-state index in [0.717, 1.165) is 12.8 Å². The molecule has 0 radical (unpaired) electrons. The van der Waals surface area contributed by atoms with Crippen LogP contribution in [0.1, 0.15) is 43.9 Å². The molecule has 0 saturated carbocycles. The van der Waals surface area contributed by atoms with E-state index in [2.05, 4.69) is 29.6 Å². The van der Waals surface area contributed by atoms with Crippen molar-refractivity contribution in [3.05, 3.63) is 35.4 Å². The predicted molar refractivity (Wildman–Crippen MR) is 71.5 cm³/mol. The average Bonchev–Trinajstić information content (AvgIpc) is 2.36. The summed E-state index contributed by atoms with van der Waals surface area (Å²) in [6, 6.07) is 8.75. The molecule has 3 heteroatoms. The highest BCUT2D eigenvalue weighted by Crippen LogP contribution is 2.30. The van der Waals surface area contributed by atoms with Crippen LogP contribution in [-0.4, -0.2) is 17.6 Å². The van der Waals surface area contributed by atoms with Crippen LogP contribution in [-0.2, 0) is 11.2 Å². The summed E-state index contributed by atoms with van der Waals surface area (Å²) in [5.41, 5.74) is 2.02. The summed E-state index contributed by atoms with van der Waals surface area (Å²) in [5, 5.41) is 12.5. The van der Waals surface area contributed by atoms with Crippen molar-refractivity contribution in [1.29, 1.82) is 0 Å². The van der Waals surface area contributed by atoms with Crippen LogP contribution in [0, 0.1) is 5.41 Å². The molecule has 1 unspecified atom stereocenters. The Morgan fingerprint density at radius 3 is 2.89 bits per heavy atom. The zero-order valence-electron chi connectivity index (χ0n) is 11.1. The van der Waals surface area contributed by atoms with Crippen molar-refractivity contribution >= 4 is 5.97 Å². The molecule has 3 nitrogen and oxygen atoms in total. The summed E-state index contributed by atoms with van der Waals surface area (Å²) < 4.78 is 0. The molecular weight excluding hydrogens is 226 g/mol. The highest BCUT2D eigenvalue weighted by atomic mass is 16.4. The maximum absolute atomic E-state index is 11.1. The lowest BCUT2D eigenvalue weighted by molar-refractivity contribution is -0.146. The number of aryl methyl sites for hydroxylation is 1. The molecule has 0 aliphatic heterocycles. The Bertz CT molecular complexity index is 440. The van der Waals surface area contributed by atoms with Gasteiger partial charge >= 0.3 is 5.97 Å². The molecule has 98 valence electrons. The molecule has 0 saturated heterocycles. The van der Waals surface area contributed by atoms with E-state index < -0.39 is 11.4 Å². The van der Waals surface area contributed by atoms with E-state index in [0.29, 0.717) is 12.6 Å². The van der Waals surface area contributed by atoms with Crippen molar-refractivity contribution in [2.45, 2.75) is 39.2 Å². The highest BCUT2D eigenvalue weighted by molar-refractivity contribution is 5.73. The van der Waals surface area contributed by atoms with Crippen LogP contribution < -0.4 is 5.32 Å². The van der Waals surface area contributed by atoms with Gasteiger partial charge in [0, 0.05) is 12.6 Å². The molecule has 0 spiro atoms. The minimum absolute atomic E-state index is 0.300. The second kappa shape index (κ2) is 5.11. The number of carboxylic acids is 1. The number of fused-ring (bicyclic) bond motifs is 1. The van der Waals surface area contributed by atoms with Gasteiger partial charge in [-0.15, -0.1) is 0 Å². The van der Waals surface area contributed by atoms with Crippen LogP contribution in [0.4, 0.5) is 0 Å². The van der Waals surface area contributed by atoms with Gasteiger partial charge in [0.05, 0.1) is 5.41 Å². The average molecular weight is 247 g/mol. The van der Waals surface area contributed by atoms with Crippen LogP contribution in [0.15, 0.2) is 24.3 Å². The fraction of sp³-hybridized carbons (Fsp3) is 0.533. The molecule has 1 atom stereocenters. The normalized spacial score (nSPS) is 19.3. The Labute approximate surface area is 108 Å². The van der Waals surface area contributed by atoms with E-state index in [-0.39, 0.29) is 0 Å². The number of benzene rings is 1. The lowest BCUT2D eigenvalue weighted by Crippen LogP contribution is -2.38. The van der Waals surface area contributed by atoms with Crippen LogP contribution in [0.5, 0.6) is 0 Å². The molecule has 0 aromatic heterocycles. The summed E-state index contributed by atoms with van der Waals surface area (Å²) in [5.74, 6) is -0.751.